The number of benzene rings is 1. The minimum Gasteiger partial charge on any atom is -0.356 e. The molecule has 0 atom stereocenters. The average molecular weight is 304 g/mol. The van der Waals surface area contributed by atoms with Gasteiger partial charge in [-0.05, 0) is 30.0 Å². The Kier molecular flexibility index (Phi) is 6.76. The molecule has 0 unspecified atom stereocenters. The zero-order valence-electron chi connectivity index (χ0n) is 13.7. The van der Waals surface area contributed by atoms with E-state index in [0.29, 0.717) is 30.6 Å². The lowest BCUT2D eigenvalue weighted by molar-refractivity contribution is -0.119. The smallest absolute Gasteiger partial charge is 0.221 e. The van der Waals surface area contributed by atoms with E-state index in [1.54, 1.807) is 12.1 Å². The summed E-state index contributed by atoms with van der Waals surface area (Å²) in [6.07, 6.45) is 1.07. The Morgan fingerprint density at radius 2 is 1.77 bits per heavy atom. The third-order valence-electron chi connectivity index (χ3n) is 3.08. The highest BCUT2D eigenvalue weighted by Gasteiger charge is 2.14. The van der Waals surface area contributed by atoms with Crippen LogP contribution in [0.4, 0.5) is 5.69 Å². The number of nitrogens with one attached hydrogen (secondary N) is 2. The second-order valence-electron chi connectivity index (χ2n) is 5.82. The molecule has 120 valence electrons. The lowest BCUT2D eigenvalue weighted by atomic mass is 9.97. The van der Waals surface area contributed by atoms with Crippen LogP contribution in [0.5, 0.6) is 0 Å². The van der Waals surface area contributed by atoms with Gasteiger partial charge in [-0.2, -0.15) is 0 Å². The molecule has 0 bridgehead atoms. The van der Waals surface area contributed by atoms with Crippen molar-refractivity contribution in [3.63, 3.8) is 0 Å². The number of anilines is 1. The molecule has 0 saturated carbocycles. The fourth-order valence-electron chi connectivity index (χ4n) is 2.14. The molecule has 2 N–H and O–H groups in total. The summed E-state index contributed by atoms with van der Waals surface area (Å²) in [5, 5.41) is 5.43. The molecule has 0 aromatic heterocycles. The second-order valence-corrected chi connectivity index (χ2v) is 5.82. The number of amides is 2. The Labute approximate surface area is 131 Å². The van der Waals surface area contributed by atoms with E-state index in [2.05, 4.69) is 10.6 Å². The first kappa shape index (κ1) is 17.9. The Balaban J connectivity index is 2.97. The Bertz CT molecular complexity index is 565. The fourth-order valence-corrected chi connectivity index (χ4v) is 2.14. The third-order valence-corrected chi connectivity index (χ3v) is 3.08. The maximum absolute atomic E-state index is 12.4. The topological polar surface area (TPSA) is 75.3 Å². The molecule has 0 spiro atoms. The van der Waals surface area contributed by atoms with Crippen LogP contribution in [0.25, 0.3) is 0 Å². The molecule has 0 aliphatic heterocycles. The third kappa shape index (κ3) is 6.08. The maximum Gasteiger partial charge on any atom is 0.221 e. The average Bonchev–Trinajstić information content (AvgIpc) is 2.38. The van der Waals surface area contributed by atoms with E-state index < -0.39 is 0 Å². The Morgan fingerprint density at radius 3 is 2.32 bits per heavy atom. The van der Waals surface area contributed by atoms with E-state index in [4.69, 9.17) is 0 Å². The first-order valence-corrected chi connectivity index (χ1v) is 7.47. The molecule has 1 aromatic carbocycles. The highest BCUT2D eigenvalue weighted by Crippen LogP contribution is 2.21. The predicted molar refractivity (Wildman–Crippen MR) is 86.9 cm³/mol. The van der Waals surface area contributed by atoms with E-state index in [9.17, 15) is 14.4 Å². The number of hydrogen-bond acceptors (Lipinski definition) is 3. The number of carbonyl (C=O) groups excluding carboxylic acids is 3. The summed E-state index contributed by atoms with van der Waals surface area (Å²) in [4.78, 5) is 34.5. The largest absolute Gasteiger partial charge is 0.356 e. The van der Waals surface area contributed by atoms with E-state index in [0.717, 1.165) is 5.56 Å². The van der Waals surface area contributed by atoms with Gasteiger partial charge in [0.1, 0.15) is 0 Å². The number of rotatable bonds is 7. The molecule has 0 aliphatic rings. The molecule has 1 aromatic rings. The van der Waals surface area contributed by atoms with Crippen LogP contribution in [0.1, 0.15) is 50.0 Å². The van der Waals surface area contributed by atoms with Crippen molar-refractivity contribution < 1.29 is 14.4 Å². The maximum atomic E-state index is 12.4. The van der Waals surface area contributed by atoms with Crippen molar-refractivity contribution in [1.29, 1.82) is 0 Å². The number of carbonyl (C=O) groups is 3. The first-order valence-electron chi connectivity index (χ1n) is 7.47. The van der Waals surface area contributed by atoms with Gasteiger partial charge >= 0.3 is 0 Å². The summed E-state index contributed by atoms with van der Waals surface area (Å²) in [5.74, 6) is -0.0172. The molecule has 0 radical (unpaired) electrons. The van der Waals surface area contributed by atoms with Crippen molar-refractivity contribution in [2.75, 3.05) is 11.9 Å². The van der Waals surface area contributed by atoms with Crippen LogP contribution in [0.2, 0.25) is 0 Å². The quantitative estimate of drug-likeness (QED) is 0.760. The van der Waals surface area contributed by atoms with E-state index in [1.165, 1.54) is 13.8 Å². The lowest BCUT2D eigenvalue weighted by Gasteiger charge is -2.13. The van der Waals surface area contributed by atoms with Gasteiger partial charge in [0.05, 0.1) is 5.69 Å². The number of ketones is 1. The van der Waals surface area contributed by atoms with Crippen LogP contribution in [0.3, 0.4) is 0 Å². The summed E-state index contributed by atoms with van der Waals surface area (Å²) < 4.78 is 0. The van der Waals surface area contributed by atoms with Gasteiger partial charge < -0.3 is 10.6 Å². The molecule has 0 heterocycles. The van der Waals surface area contributed by atoms with E-state index in [1.807, 2.05) is 19.9 Å². The SMILES string of the molecule is CC(=O)NCCc1ccc(NC(C)=O)c(C(=O)CC(C)C)c1. The van der Waals surface area contributed by atoms with Crippen molar-refractivity contribution in [1.82, 2.24) is 5.32 Å². The van der Waals surface area contributed by atoms with Crippen LogP contribution >= 0.6 is 0 Å². The number of Topliss-reactive ketones (excluding diaryl/α,β-unsaturated/α-hetero) is 1. The van der Waals surface area contributed by atoms with Crippen LogP contribution in [0.15, 0.2) is 18.2 Å². The fraction of sp³-hybridized carbons (Fsp3) is 0.471. The summed E-state index contributed by atoms with van der Waals surface area (Å²) in [6, 6.07) is 5.41. The normalized spacial score (nSPS) is 10.4. The zero-order chi connectivity index (χ0) is 16.7. The van der Waals surface area contributed by atoms with Gasteiger partial charge in [-0.3, -0.25) is 14.4 Å². The van der Waals surface area contributed by atoms with Crippen LogP contribution in [-0.2, 0) is 16.0 Å². The summed E-state index contributed by atoms with van der Waals surface area (Å²) in [7, 11) is 0. The monoisotopic (exact) mass is 304 g/mol. The van der Waals surface area contributed by atoms with Crippen LogP contribution in [-0.4, -0.2) is 24.1 Å². The minimum atomic E-state index is -0.204. The molecular weight excluding hydrogens is 280 g/mol. The molecular formula is C17H24N2O3. The van der Waals surface area contributed by atoms with Crippen LogP contribution < -0.4 is 10.6 Å². The van der Waals surface area contributed by atoms with Crippen molar-refractivity contribution in [2.24, 2.45) is 5.92 Å². The highest BCUT2D eigenvalue weighted by atomic mass is 16.2. The summed E-state index contributed by atoms with van der Waals surface area (Å²) in [6.45, 7) is 7.37. The van der Waals surface area contributed by atoms with Gasteiger partial charge in [-0.25, -0.2) is 0 Å². The molecule has 5 nitrogen and oxygen atoms in total. The molecule has 5 heteroatoms. The summed E-state index contributed by atoms with van der Waals surface area (Å²) >= 11 is 0. The first-order chi connectivity index (χ1) is 10.3. The standard InChI is InChI=1S/C17H24N2O3/c1-11(2)9-17(22)15-10-14(7-8-18-12(3)20)5-6-16(15)19-13(4)21/h5-6,10-11H,7-9H2,1-4H3,(H,18,20)(H,19,21). The van der Waals surface area contributed by atoms with Crippen LogP contribution in [0, 0.1) is 5.92 Å². The zero-order valence-corrected chi connectivity index (χ0v) is 13.7. The molecule has 0 fully saturated rings. The summed E-state index contributed by atoms with van der Waals surface area (Å²) in [5.41, 5.74) is 2.03. The second kappa shape index (κ2) is 8.32. The Hall–Kier alpha value is -2.17. The van der Waals surface area contributed by atoms with Gasteiger partial charge in [0.15, 0.2) is 5.78 Å². The van der Waals surface area contributed by atoms with Crippen molar-refractivity contribution in [3.8, 4) is 0 Å². The van der Waals surface area contributed by atoms with Crippen molar-refractivity contribution >= 4 is 23.3 Å². The highest BCUT2D eigenvalue weighted by molar-refractivity contribution is 6.04. The van der Waals surface area contributed by atoms with Gasteiger partial charge in [0.2, 0.25) is 11.8 Å². The molecule has 0 aliphatic carbocycles. The van der Waals surface area contributed by atoms with Gasteiger partial charge in [0.25, 0.3) is 0 Å². The van der Waals surface area contributed by atoms with Gasteiger partial charge in [-0.1, -0.05) is 19.9 Å². The van der Waals surface area contributed by atoms with Gasteiger partial charge in [0, 0.05) is 32.4 Å². The van der Waals surface area contributed by atoms with Crippen molar-refractivity contribution in [2.45, 2.75) is 40.5 Å². The Morgan fingerprint density at radius 1 is 1.09 bits per heavy atom. The molecule has 2 amide bonds. The van der Waals surface area contributed by atoms with E-state index in [-0.39, 0.29) is 23.5 Å². The minimum absolute atomic E-state index is 0.0140. The number of hydrogen-bond donors (Lipinski definition) is 2. The lowest BCUT2D eigenvalue weighted by Crippen LogP contribution is -2.22. The van der Waals surface area contributed by atoms with Gasteiger partial charge in [-0.15, -0.1) is 0 Å². The van der Waals surface area contributed by atoms with Crippen molar-refractivity contribution in [3.05, 3.63) is 29.3 Å². The molecule has 0 saturated heterocycles. The molecule has 22 heavy (non-hydrogen) atoms. The predicted octanol–water partition coefficient (Wildman–Crippen LogP) is 2.55. The van der Waals surface area contributed by atoms with E-state index >= 15 is 0 Å². The molecule has 1 rings (SSSR count).